The fourth-order valence-corrected chi connectivity index (χ4v) is 2.92. The highest BCUT2D eigenvalue weighted by Crippen LogP contribution is 2.39. The van der Waals surface area contributed by atoms with Crippen molar-refractivity contribution in [3.63, 3.8) is 0 Å². The average molecular weight is 380 g/mol. The van der Waals surface area contributed by atoms with Crippen LogP contribution in [0.15, 0.2) is 48.5 Å². The van der Waals surface area contributed by atoms with E-state index >= 15 is 0 Å². The van der Waals surface area contributed by atoms with Crippen molar-refractivity contribution >= 4 is 11.6 Å². The molecule has 0 unspecified atom stereocenters. The highest BCUT2D eigenvalue weighted by Gasteiger charge is 2.20. The second kappa shape index (κ2) is 8.52. The molecule has 5 nitrogen and oxygen atoms in total. The third-order valence-electron chi connectivity index (χ3n) is 3.84. The molecule has 0 fully saturated rings. The zero-order chi connectivity index (χ0) is 19.2. The van der Waals surface area contributed by atoms with E-state index in [1.807, 2.05) is 68.4 Å². The minimum Gasteiger partial charge on any atom is -0.493 e. The van der Waals surface area contributed by atoms with Gasteiger partial charge in [0, 0.05) is 11.1 Å². The van der Waals surface area contributed by atoms with Gasteiger partial charge in [0.1, 0.15) is 29.0 Å². The average Bonchev–Trinajstić information content (AvgIpc) is 2.69. The summed E-state index contributed by atoms with van der Waals surface area (Å²) in [6.07, 6.45) is 0. The maximum Gasteiger partial charge on any atom is 0.178 e. The van der Waals surface area contributed by atoms with Crippen molar-refractivity contribution in [2.45, 2.75) is 13.8 Å². The third-order valence-corrected chi connectivity index (χ3v) is 4.11. The molecule has 0 amide bonds. The second-order valence-corrected chi connectivity index (χ2v) is 5.89. The lowest BCUT2D eigenvalue weighted by molar-refractivity contribution is 0.341. The Hall–Kier alpha value is -3.10. The molecule has 0 aliphatic carbocycles. The van der Waals surface area contributed by atoms with Crippen molar-refractivity contribution in [1.29, 1.82) is 5.26 Å². The van der Waals surface area contributed by atoms with Gasteiger partial charge in [0.15, 0.2) is 10.8 Å². The van der Waals surface area contributed by atoms with Gasteiger partial charge in [0.25, 0.3) is 0 Å². The van der Waals surface area contributed by atoms with Crippen LogP contribution < -0.4 is 9.47 Å². The van der Waals surface area contributed by atoms with Gasteiger partial charge in [-0.05, 0) is 38.1 Å². The van der Waals surface area contributed by atoms with Gasteiger partial charge >= 0.3 is 0 Å². The van der Waals surface area contributed by atoms with E-state index in [2.05, 4.69) is 9.97 Å². The molecule has 0 aliphatic heterocycles. The number of aromatic nitrogens is 2. The van der Waals surface area contributed by atoms with Gasteiger partial charge < -0.3 is 9.47 Å². The number of hydrogen-bond donors (Lipinski definition) is 0. The predicted octanol–water partition coefficient (Wildman–Crippen LogP) is 5.13. The zero-order valence-corrected chi connectivity index (χ0v) is 15.8. The quantitative estimate of drug-likeness (QED) is 0.593. The first kappa shape index (κ1) is 18.7. The van der Waals surface area contributed by atoms with Crippen LogP contribution in [0.3, 0.4) is 0 Å². The highest BCUT2D eigenvalue weighted by atomic mass is 35.5. The Labute approximate surface area is 163 Å². The number of para-hydroxylation sites is 2. The van der Waals surface area contributed by atoms with E-state index < -0.39 is 0 Å². The van der Waals surface area contributed by atoms with Crippen molar-refractivity contribution in [3.8, 4) is 40.1 Å². The fraction of sp³-hybridized carbons (Fsp3) is 0.190. The summed E-state index contributed by atoms with van der Waals surface area (Å²) in [6.45, 7) is 4.85. The van der Waals surface area contributed by atoms with Crippen LogP contribution >= 0.6 is 11.6 Å². The SMILES string of the molecule is CCOc1ccccc1-c1nc(Cl)c(C#N)nc1-c1ccccc1OCC. The van der Waals surface area contributed by atoms with E-state index in [0.29, 0.717) is 36.1 Å². The van der Waals surface area contributed by atoms with Crippen molar-refractivity contribution in [1.82, 2.24) is 9.97 Å². The smallest absolute Gasteiger partial charge is 0.178 e. The summed E-state index contributed by atoms with van der Waals surface area (Å²) in [5.41, 5.74) is 2.61. The predicted molar refractivity (Wildman–Crippen MR) is 105 cm³/mol. The summed E-state index contributed by atoms with van der Waals surface area (Å²) >= 11 is 6.20. The van der Waals surface area contributed by atoms with Gasteiger partial charge in [-0.15, -0.1) is 0 Å². The monoisotopic (exact) mass is 379 g/mol. The molecule has 3 aromatic rings. The lowest BCUT2D eigenvalue weighted by Crippen LogP contribution is -2.02. The molecular formula is C21H18ClN3O2. The summed E-state index contributed by atoms with van der Waals surface area (Å²) in [4.78, 5) is 8.97. The van der Waals surface area contributed by atoms with Crippen LogP contribution in [0.2, 0.25) is 5.15 Å². The Morgan fingerprint density at radius 3 is 1.81 bits per heavy atom. The number of nitrogens with zero attached hydrogens (tertiary/aromatic N) is 3. The molecule has 136 valence electrons. The summed E-state index contributed by atoms with van der Waals surface area (Å²) in [7, 11) is 0. The van der Waals surface area contributed by atoms with Gasteiger partial charge in [-0.2, -0.15) is 5.26 Å². The number of nitriles is 1. The number of rotatable bonds is 6. The Kier molecular flexibility index (Phi) is 5.90. The Bertz CT molecular complexity index is 999. The van der Waals surface area contributed by atoms with Crippen LogP contribution in [0.4, 0.5) is 0 Å². The van der Waals surface area contributed by atoms with Crippen LogP contribution in [0, 0.1) is 11.3 Å². The van der Waals surface area contributed by atoms with Gasteiger partial charge in [-0.1, -0.05) is 35.9 Å². The molecule has 0 saturated heterocycles. The molecule has 6 heteroatoms. The molecule has 0 N–H and O–H groups in total. The number of ether oxygens (including phenoxy) is 2. The highest BCUT2D eigenvalue weighted by molar-refractivity contribution is 6.30. The number of hydrogen-bond acceptors (Lipinski definition) is 5. The molecule has 1 aromatic heterocycles. The van der Waals surface area contributed by atoms with Crippen molar-refractivity contribution in [3.05, 3.63) is 59.4 Å². The van der Waals surface area contributed by atoms with E-state index in [-0.39, 0.29) is 10.8 Å². The van der Waals surface area contributed by atoms with E-state index in [0.717, 1.165) is 11.1 Å². The lowest BCUT2D eigenvalue weighted by Gasteiger charge is -2.15. The Balaban J connectivity index is 2.31. The molecular weight excluding hydrogens is 362 g/mol. The molecule has 0 saturated carbocycles. The van der Waals surface area contributed by atoms with Gasteiger partial charge in [0.05, 0.1) is 13.2 Å². The van der Waals surface area contributed by atoms with Crippen molar-refractivity contribution < 1.29 is 9.47 Å². The van der Waals surface area contributed by atoms with E-state index in [1.165, 1.54) is 0 Å². The fourth-order valence-electron chi connectivity index (χ4n) is 2.75. The maximum absolute atomic E-state index is 9.37. The second-order valence-electron chi connectivity index (χ2n) is 5.53. The summed E-state index contributed by atoms with van der Waals surface area (Å²) in [6, 6.07) is 17.1. The maximum atomic E-state index is 9.37. The minimum atomic E-state index is 0.0523. The standard InChI is InChI=1S/C21H18ClN3O2/c1-3-26-17-11-7-5-9-14(17)19-20(25-21(22)16(13-23)24-19)15-10-6-8-12-18(15)27-4-2/h5-12H,3-4H2,1-2H3. The molecule has 1 heterocycles. The summed E-state index contributed by atoms with van der Waals surface area (Å²) < 4.78 is 11.5. The van der Waals surface area contributed by atoms with Crippen LogP contribution in [0.5, 0.6) is 11.5 Å². The summed E-state index contributed by atoms with van der Waals surface area (Å²) in [5, 5.41) is 9.42. The summed E-state index contributed by atoms with van der Waals surface area (Å²) in [5.74, 6) is 1.33. The number of benzene rings is 2. The largest absolute Gasteiger partial charge is 0.493 e. The molecule has 0 radical (unpaired) electrons. The third kappa shape index (κ3) is 3.86. The van der Waals surface area contributed by atoms with Crippen LogP contribution in [-0.4, -0.2) is 23.2 Å². The van der Waals surface area contributed by atoms with Crippen molar-refractivity contribution in [2.75, 3.05) is 13.2 Å². The lowest BCUT2D eigenvalue weighted by atomic mass is 10.0. The normalized spacial score (nSPS) is 10.3. The van der Waals surface area contributed by atoms with Gasteiger partial charge in [-0.3, -0.25) is 0 Å². The van der Waals surface area contributed by atoms with Crippen LogP contribution in [0.1, 0.15) is 19.5 Å². The zero-order valence-electron chi connectivity index (χ0n) is 15.1. The number of halogens is 1. The first-order chi connectivity index (χ1) is 13.2. The van der Waals surface area contributed by atoms with Crippen LogP contribution in [0.25, 0.3) is 22.5 Å². The van der Waals surface area contributed by atoms with Gasteiger partial charge in [0.2, 0.25) is 0 Å². The van der Waals surface area contributed by atoms with E-state index in [9.17, 15) is 5.26 Å². The van der Waals surface area contributed by atoms with Gasteiger partial charge in [-0.25, -0.2) is 9.97 Å². The molecule has 0 bridgehead atoms. The topological polar surface area (TPSA) is 68.0 Å². The molecule has 0 atom stereocenters. The van der Waals surface area contributed by atoms with Crippen LogP contribution in [-0.2, 0) is 0 Å². The molecule has 3 rings (SSSR count). The Morgan fingerprint density at radius 1 is 0.852 bits per heavy atom. The Morgan fingerprint density at radius 2 is 1.33 bits per heavy atom. The first-order valence-corrected chi connectivity index (χ1v) is 8.99. The molecule has 0 aliphatic rings. The molecule has 27 heavy (non-hydrogen) atoms. The molecule has 0 spiro atoms. The first-order valence-electron chi connectivity index (χ1n) is 8.61. The molecule has 2 aromatic carbocycles. The van der Waals surface area contributed by atoms with E-state index in [4.69, 9.17) is 21.1 Å². The minimum absolute atomic E-state index is 0.0523. The van der Waals surface area contributed by atoms with E-state index in [1.54, 1.807) is 0 Å². The van der Waals surface area contributed by atoms with Crippen molar-refractivity contribution in [2.24, 2.45) is 0 Å².